The zero-order chi connectivity index (χ0) is 21.9. The van der Waals surface area contributed by atoms with Crippen molar-refractivity contribution in [3.05, 3.63) is 59.1 Å². The lowest BCUT2D eigenvalue weighted by molar-refractivity contribution is 0.100. The highest BCUT2D eigenvalue weighted by Gasteiger charge is 2.29. The van der Waals surface area contributed by atoms with Gasteiger partial charge in [-0.1, -0.05) is 43.3 Å². The molecule has 1 aliphatic rings. The Morgan fingerprint density at radius 1 is 1.17 bits per heavy atom. The van der Waals surface area contributed by atoms with Crippen LogP contribution in [-0.4, -0.2) is 48.7 Å². The number of rotatable bonds is 6. The first-order valence-electron chi connectivity index (χ1n) is 9.68. The molecular weight excluding hydrogens is 442 g/mol. The highest BCUT2D eigenvalue weighted by Crippen LogP contribution is 2.29. The molecule has 2 aromatic carbocycles. The minimum Gasteiger partial charge on any atom is -0.268 e. The van der Waals surface area contributed by atoms with Crippen molar-refractivity contribution in [2.45, 2.75) is 31.7 Å². The summed E-state index contributed by atoms with van der Waals surface area (Å²) in [4.78, 5) is 19.7. The number of thioether (sulfide) groups is 1. The number of halogens is 1. The number of benzene rings is 2. The van der Waals surface area contributed by atoms with Gasteiger partial charge >= 0.3 is 0 Å². The zero-order valence-electron chi connectivity index (χ0n) is 17.1. The van der Waals surface area contributed by atoms with Gasteiger partial charge in [-0.2, -0.15) is 4.31 Å². The van der Waals surface area contributed by atoms with Gasteiger partial charge in [-0.3, -0.25) is 14.7 Å². The third-order valence-corrected chi connectivity index (χ3v) is 8.18. The minimum atomic E-state index is -3.67. The third-order valence-electron chi connectivity index (χ3n) is 4.69. The van der Waals surface area contributed by atoms with Crippen molar-refractivity contribution in [2.75, 3.05) is 23.7 Å². The van der Waals surface area contributed by atoms with E-state index in [-0.39, 0.29) is 22.4 Å². The molecule has 6 nitrogen and oxygen atoms in total. The Bertz CT molecular complexity index is 1050. The van der Waals surface area contributed by atoms with Crippen molar-refractivity contribution in [1.82, 2.24) is 4.31 Å². The van der Waals surface area contributed by atoms with Gasteiger partial charge in [-0.05, 0) is 49.4 Å². The summed E-state index contributed by atoms with van der Waals surface area (Å²) in [6.45, 7) is 6.28. The Morgan fingerprint density at radius 2 is 1.83 bits per heavy atom. The maximum atomic E-state index is 13.5. The van der Waals surface area contributed by atoms with Gasteiger partial charge in [0.05, 0.1) is 16.6 Å². The van der Waals surface area contributed by atoms with Gasteiger partial charge in [0.25, 0.3) is 5.91 Å². The fourth-order valence-electron chi connectivity index (χ4n) is 3.12. The smallest absolute Gasteiger partial charge is 0.264 e. The quantitative estimate of drug-likeness (QED) is 0.629. The number of hydrogen-bond acceptors (Lipinski definition) is 5. The fraction of sp³-hybridized carbons (Fsp3) is 0.333. The van der Waals surface area contributed by atoms with Crippen LogP contribution in [0, 0.1) is 0 Å². The second kappa shape index (κ2) is 9.51. The summed E-state index contributed by atoms with van der Waals surface area (Å²) in [6.07, 6.45) is 0. The predicted octanol–water partition coefficient (Wildman–Crippen LogP) is 4.51. The van der Waals surface area contributed by atoms with Crippen LogP contribution < -0.4 is 4.90 Å². The molecule has 0 saturated carbocycles. The number of hydrogen-bond donors (Lipinski definition) is 0. The highest BCUT2D eigenvalue weighted by atomic mass is 35.5. The van der Waals surface area contributed by atoms with Crippen molar-refractivity contribution in [1.29, 1.82) is 0 Å². The Kier molecular flexibility index (Phi) is 7.23. The number of aliphatic imine (C=N–C) groups is 1. The van der Waals surface area contributed by atoms with Gasteiger partial charge in [0.2, 0.25) is 10.0 Å². The average Bonchev–Trinajstić information content (AvgIpc) is 3.16. The molecule has 30 heavy (non-hydrogen) atoms. The Labute approximate surface area is 187 Å². The van der Waals surface area contributed by atoms with Gasteiger partial charge in [0.1, 0.15) is 0 Å². The molecule has 1 amide bonds. The Balaban J connectivity index is 2.03. The lowest BCUT2D eigenvalue weighted by atomic mass is 10.2. The lowest BCUT2D eigenvalue weighted by Gasteiger charge is -2.23. The molecule has 0 unspecified atom stereocenters. The van der Waals surface area contributed by atoms with E-state index in [0.717, 1.165) is 5.75 Å². The van der Waals surface area contributed by atoms with Crippen LogP contribution in [0.2, 0.25) is 5.02 Å². The van der Waals surface area contributed by atoms with Gasteiger partial charge < -0.3 is 0 Å². The van der Waals surface area contributed by atoms with Crippen LogP contribution in [0.25, 0.3) is 0 Å². The summed E-state index contributed by atoms with van der Waals surface area (Å²) in [6, 6.07) is 13.2. The number of sulfonamides is 1. The van der Waals surface area contributed by atoms with E-state index >= 15 is 0 Å². The Hall–Kier alpha value is -1.87. The molecule has 0 aromatic heterocycles. The van der Waals surface area contributed by atoms with E-state index < -0.39 is 10.0 Å². The largest absolute Gasteiger partial charge is 0.268 e. The molecule has 0 bridgehead atoms. The SMILES string of the molecule is CCN(CC)S(=O)(=O)c1cccc(C(=O)N(C2=N[C@H](C)CS2)c2ccc(Cl)cc2)c1. The van der Waals surface area contributed by atoms with Crippen LogP contribution in [0.4, 0.5) is 5.69 Å². The van der Waals surface area contributed by atoms with Gasteiger partial charge in [0, 0.05) is 29.4 Å². The van der Waals surface area contributed by atoms with Crippen molar-refractivity contribution < 1.29 is 13.2 Å². The molecule has 0 spiro atoms. The van der Waals surface area contributed by atoms with E-state index in [1.807, 2.05) is 6.92 Å². The second-order valence-electron chi connectivity index (χ2n) is 6.81. The standard InChI is InChI=1S/C21H24ClN3O3S2/c1-4-24(5-2)30(27,28)19-8-6-7-16(13-19)20(26)25(21-23-15(3)14-29-21)18-11-9-17(22)10-12-18/h6-13,15H,4-5,14H2,1-3H3/t15-/m1/s1. The van der Waals surface area contributed by atoms with E-state index in [1.165, 1.54) is 33.1 Å². The van der Waals surface area contributed by atoms with Gasteiger partial charge in [-0.15, -0.1) is 0 Å². The first kappa shape index (κ1) is 22.8. The number of amides is 1. The molecule has 0 fully saturated rings. The first-order chi connectivity index (χ1) is 14.3. The number of anilines is 1. The molecule has 1 atom stereocenters. The van der Waals surface area contributed by atoms with Crippen LogP contribution >= 0.6 is 23.4 Å². The molecule has 9 heteroatoms. The monoisotopic (exact) mass is 465 g/mol. The topological polar surface area (TPSA) is 70.1 Å². The van der Waals surface area contributed by atoms with Crippen molar-refractivity contribution >= 4 is 50.1 Å². The van der Waals surface area contributed by atoms with Crippen LogP contribution in [0.5, 0.6) is 0 Å². The highest BCUT2D eigenvalue weighted by molar-refractivity contribution is 8.14. The van der Waals surface area contributed by atoms with Crippen LogP contribution in [-0.2, 0) is 10.0 Å². The Morgan fingerprint density at radius 3 is 2.40 bits per heavy atom. The molecule has 1 heterocycles. The minimum absolute atomic E-state index is 0.0991. The third kappa shape index (κ3) is 4.72. The molecule has 0 aliphatic carbocycles. The molecule has 0 saturated heterocycles. The maximum absolute atomic E-state index is 13.5. The van der Waals surface area contributed by atoms with E-state index in [2.05, 4.69) is 4.99 Å². The summed E-state index contributed by atoms with van der Waals surface area (Å²) in [5.74, 6) is 0.442. The zero-order valence-corrected chi connectivity index (χ0v) is 19.5. The molecule has 2 aromatic rings. The predicted molar refractivity (Wildman–Crippen MR) is 124 cm³/mol. The van der Waals surface area contributed by atoms with E-state index in [9.17, 15) is 13.2 Å². The number of carbonyl (C=O) groups excluding carboxylic acids is 1. The fourth-order valence-corrected chi connectivity index (χ4v) is 5.78. The van der Waals surface area contributed by atoms with Crippen LogP contribution in [0.3, 0.4) is 0 Å². The van der Waals surface area contributed by atoms with E-state index in [4.69, 9.17) is 11.6 Å². The van der Waals surface area contributed by atoms with Crippen molar-refractivity contribution in [3.63, 3.8) is 0 Å². The van der Waals surface area contributed by atoms with Gasteiger partial charge in [-0.25, -0.2) is 8.42 Å². The molecule has 160 valence electrons. The van der Waals surface area contributed by atoms with Crippen molar-refractivity contribution in [3.8, 4) is 0 Å². The maximum Gasteiger partial charge on any atom is 0.264 e. The first-order valence-corrected chi connectivity index (χ1v) is 12.5. The molecule has 0 N–H and O–H groups in total. The lowest BCUT2D eigenvalue weighted by Crippen LogP contribution is -2.35. The molecule has 1 aliphatic heterocycles. The van der Waals surface area contributed by atoms with E-state index in [1.54, 1.807) is 50.2 Å². The normalized spacial score (nSPS) is 16.6. The number of carbonyl (C=O) groups is 1. The van der Waals surface area contributed by atoms with Crippen molar-refractivity contribution in [2.24, 2.45) is 4.99 Å². The van der Waals surface area contributed by atoms with Crippen LogP contribution in [0.1, 0.15) is 31.1 Å². The van der Waals surface area contributed by atoms with E-state index in [0.29, 0.717) is 29.0 Å². The molecule has 0 radical (unpaired) electrons. The number of nitrogens with zero attached hydrogens (tertiary/aromatic N) is 3. The second-order valence-corrected chi connectivity index (χ2v) is 10.2. The average molecular weight is 466 g/mol. The summed E-state index contributed by atoms with van der Waals surface area (Å²) < 4.78 is 27.2. The summed E-state index contributed by atoms with van der Waals surface area (Å²) in [7, 11) is -3.67. The molecule has 3 rings (SSSR count). The molecular formula is C21H24ClN3O3S2. The van der Waals surface area contributed by atoms with Gasteiger partial charge in [0.15, 0.2) is 5.17 Å². The van der Waals surface area contributed by atoms with Crippen LogP contribution in [0.15, 0.2) is 58.4 Å². The summed E-state index contributed by atoms with van der Waals surface area (Å²) in [5.41, 5.74) is 0.905. The number of amidine groups is 1. The summed E-state index contributed by atoms with van der Waals surface area (Å²) >= 11 is 7.51. The summed E-state index contributed by atoms with van der Waals surface area (Å²) in [5, 5.41) is 1.15.